The summed E-state index contributed by atoms with van der Waals surface area (Å²) < 4.78 is 0. The summed E-state index contributed by atoms with van der Waals surface area (Å²) in [7, 11) is 1.92. The molecule has 0 aromatic heterocycles. The smallest absolute Gasteiger partial charge is 0.336 e. The molecule has 0 aliphatic carbocycles. The van der Waals surface area contributed by atoms with Gasteiger partial charge in [-0.2, -0.15) is 0 Å². The zero-order chi connectivity index (χ0) is 12.8. The van der Waals surface area contributed by atoms with Gasteiger partial charge in [-0.15, -0.1) is 0 Å². The van der Waals surface area contributed by atoms with Crippen molar-refractivity contribution >= 4 is 5.97 Å². The number of hydrogen-bond acceptors (Lipinski definition) is 3. The molecule has 94 valence electrons. The van der Waals surface area contributed by atoms with Crippen LogP contribution in [0.15, 0.2) is 24.3 Å². The molecule has 1 aromatic carbocycles. The standard InChI is InChI=1S/C13H19NO3/c1-10(15)7-8-14(2)9-11-5-3-4-6-12(11)13(16)17/h3-6,10,15H,7-9H2,1-2H3,(H,16,17). The van der Waals surface area contributed by atoms with Crippen molar-refractivity contribution in [2.45, 2.75) is 26.0 Å². The molecular weight excluding hydrogens is 218 g/mol. The zero-order valence-corrected chi connectivity index (χ0v) is 10.3. The monoisotopic (exact) mass is 237 g/mol. The minimum atomic E-state index is -0.899. The normalized spacial score (nSPS) is 12.7. The number of carboxylic acid groups (broad SMARTS) is 1. The number of nitrogens with zero attached hydrogens (tertiary/aromatic N) is 1. The first-order valence-corrected chi connectivity index (χ1v) is 5.68. The highest BCUT2D eigenvalue weighted by molar-refractivity contribution is 5.89. The molecule has 0 saturated heterocycles. The molecule has 0 heterocycles. The Morgan fingerprint density at radius 2 is 2.06 bits per heavy atom. The highest BCUT2D eigenvalue weighted by Crippen LogP contribution is 2.11. The Hall–Kier alpha value is -1.39. The van der Waals surface area contributed by atoms with Gasteiger partial charge in [-0.05, 0) is 32.0 Å². The summed E-state index contributed by atoms with van der Waals surface area (Å²) >= 11 is 0. The zero-order valence-electron chi connectivity index (χ0n) is 10.3. The van der Waals surface area contributed by atoms with Crippen molar-refractivity contribution in [3.63, 3.8) is 0 Å². The van der Waals surface area contributed by atoms with Crippen LogP contribution in [0.25, 0.3) is 0 Å². The van der Waals surface area contributed by atoms with E-state index in [9.17, 15) is 9.90 Å². The molecular formula is C13H19NO3. The highest BCUT2D eigenvalue weighted by Gasteiger charge is 2.10. The number of aliphatic hydroxyl groups excluding tert-OH is 1. The number of aromatic carboxylic acids is 1. The molecule has 1 rings (SSSR count). The second-order valence-electron chi connectivity index (χ2n) is 4.34. The van der Waals surface area contributed by atoms with Crippen LogP contribution in [0.2, 0.25) is 0 Å². The van der Waals surface area contributed by atoms with Crippen LogP contribution < -0.4 is 0 Å². The number of hydrogen-bond donors (Lipinski definition) is 2. The van der Waals surface area contributed by atoms with Gasteiger partial charge in [0.25, 0.3) is 0 Å². The third-order valence-electron chi connectivity index (χ3n) is 2.62. The van der Waals surface area contributed by atoms with Gasteiger partial charge in [0, 0.05) is 13.1 Å². The molecule has 4 heteroatoms. The third kappa shape index (κ3) is 4.54. The topological polar surface area (TPSA) is 60.8 Å². The molecule has 0 spiro atoms. The lowest BCUT2D eigenvalue weighted by atomic mass is 10.1. The number of rotatable bonds is 6. The third-order valence-corrected chi connectivity index (χ3v) is 2.62. The molecule has 0 aliphatic heterocycles. The lowest BCUT2D eigenvalue weighted by Gasteiger charge is -2.18. The first-order valence-electron chi connectivity index (χ1n) is 5.68. The fourth-order valence-corrected chi connectivity index (χ4v) is 1.64. The predicted octanol–water partition coefficient (Wildman–Crippen LogP) is 1.59. The Kier molecular flexibility index (Phi) is 5.12. The van der Waals surface area contributed by atoms with E-state index in [4.69, 9.17) is 5.11 Å². The van der Waals surface area contributed by atoms with Gasteiger partial charge in [0.15, 0.2) is 0 Å². The summed E-state index contributed by atoms with van der Waals surface area (Å²) in [6, 6.07) is 7.00. The molecule has 0 bridgehead atoms. The van der Waals surface area contributed by atoms with Crippen molar-refractivity contribution in [1.29, 1.82) is 0 Å². The maximum atomic E-state index is 11.0. The van der Waals surface area contributed by atoms with E-state index in [-0.39, 0.29) is 6.10 Å². The van der Waals surface area contributed by atoms with Crippen molar-refractivity contribution in [3.05, 3.63) is 35.4 Å². The van der Waals surface area contributed by atoms with E-state index in [1.165, 1.54) is 0 Å². The maximum absolute atomic E-state index is 11.0. The van der Waals surface area contributed by atoms with Crippen LogP contribution in [0.1, 0.15) is 29.3 Å². The summed E-state index contributed by atoms with van der Waals surface area (Å²) in [6.07, 6.45) is 0.360. The molecule has 17 heavy (non-hydrogen) atoms. The van der Waals surface area contributed by atoms with Gasteiger partial charge < -0.3 is 15.1 Å². The molecule has 0 radical (unpaired) electrons. The van der Waals surface area contributed by atoms with E-state index < -0.39 is 5.97 Å². The average molecular weight is 237 g/mol. The first kappa shape index (κ1) is 13.7. The lowest BCUT2D eigenvalue weighted by Crippen LogP contribution is -2.23. The molecule has 1 unspecified atom stereocenters. The Morgan fingerprint density at radius 3 is 2.65 bits per heavy atom. The Morgan fingerprint density at radius 1 is 1.41 bits per heavy atom. The average Bonchev–Trinajstić information content (AvgIpc) is 2.27. The van der Waals surface area contributed by atoms with Crippen LogP contribution in [0, 0.1) is 0 Å². The van der Waals surface area contributed by atoms with Crippen molar-refractivity contribution in [2.24, 2.45) is 0 Å². The Balaban J connectivity index is 2.64. The summed E-state index contributed by atoms with van der Waals surface area (Å²) in [6.45, 7) is 3.07. The van der Waals surface area contributed by atoms with Gasteiger partial charge in [-0.3, -0.25) is 0 Å². The molecule has 4 nitrogen and oxygen atoms in total. The van der Waals surface area contributed by atoms with Gasteiger partial charge >= 0.3 is 5.97 Å². The summed E-state index contributed by atoms with van der Waals surface area (Å²) in [5.74, 6) is -0.899. The molecule has 1 atom stereocenters. The lowest BCUT2D eigenvalue weighted by molar-refractivity contribution is 0.0694. The van der Waals surface area contributed by atoms with Crippen LogP contribution in [0.4, 0.5) is 0 Å². The Bertz CT molecular complexity index is 377. The second-order valence-corrected chi connectivity index (χ2v) is 4.34. The van der Waals surface area contributed by atoms with E-state index in [0.29, 0.717) is 18.5 Å². The van der Waals surface area contributed by atoms with Crippen molar-refractivity contribution in [2.75, 3.05) is 13.6 Å². The minimum Gasteiger partial charge on any atom is -0.478 e. The molecule has 2 N–H and O–H groups in total. The first-order chi connectivity index (χ1) is 8.00. The second kappa shape index (κ2) is 6.37. The summed E-state index contributed by atoms with van der Waals surface area (Å²) in [5, 5.41) is 18.2. The van der Waals surface area contributed by atoms with Crippen molar-refractivity contribution in [1.82, 2.24) is 4.90 Å². The van der Waals surface area contributed by atoms with E-state index in [2.05, 4.69) is 0 Å². The highest BCUT2D eigenvalue weighted by atomic mass is 16.4. The Labute approximate surface area is 101 Å². The van der Waals surface area contributed by atoms with Gasteiger partial charge in [0.2, 0.25) is 0 Å². The fourth-order valence-electron chi connectivity index (χ4n) is 1.64. The van der Waals surface area contributed by atoms with Crippen molar-refractivity contribution < 1.29 is 15.0 Å². The van der Waals surface area contributed by atoms with Crippen LogP contribution in [0.3, 0.4) is 0 Å². The van der Waals surface area contributed by atoms with Gasteiger partial charge in [0.1, 0.15) is 0 Å². The van der Waals surface area contributed by atoms with Crippen LogP contribution >= 0.6 is 0 Å². The van der Waals surface area contributed by atoms with E-state index in [0.717, 1.165) is 12.1 Å². The number of benzene rings is 1. The maximum Gasteiger partial charge on any atom is 0.336 e. The largest absolute Gasteiger partial charge is 0.478 e. The fraction of sp³-hybridized carbons (Fsp3) is 0.462. The molecule has 0 saturated carbocycles. The molecule has 0 aliphatic rings. The number of aliphatic hydroxyl groups is 1. The van der Waals surface area contributed by atoms with Gasteiger partial charge in [-0.25, -0.2) is 4.79 Å². The van der Waals surface area contributed by atoms with Gasteiger partial charge in [0.05, 0.1) is 11.7 Å². The summed E-state index contributed by atoms with van der Waals surface area (Å²) in [5.41, 5.74) is 1.14. The quantitative estimate of drug-likeness (QED) is 0.788. The van der Waals surface area contributed by atoms with Crippen molar-refractivity contribution in [3.8, 4) is 0 Å². The van der Waals surface area contributed by atoms with Crippen LogP contribution in [-0.4, -0.2) is 40.8 Å². The SMILES string of the molecule is CC(O)CCN(C)Cc1ccccc1C(=O)O. The molecule has 0 fully saturated rings. The minimum absolute atomic E-state index is 0.327. The molecule has 1 aromatic rings. The number of carboxylic acids is 1. The van der Waals surface area contributed by atoms with E-state index in [1.54, 1.807) is 19.1 Å². The van der Waals surface area contributed by atoms with Crippen LogP contribution in [-0.2, 0) is 6.54 Å². The molecule has 0 amide bonds. The predicted molar refractivity (Wildman–Crippen MR) is 66.0 cm³/mol. The summed E-state index contributed by atoms with van der Waals surface area (Å²) in [4.78, 5) is 13.0. The van der Waals surface area contributed by atoms with Crippen LogP contribution in [0.5, 0.6) is 0 Å². The van der Waals surface area contributed by atoms with E-state index >= 15 is 0 Å². The van der Waals surface area contributed by atoms with Gasteiger partial charge in [-0.1, -0.05) is 18.2 Å². The number of carbonyl (C=O) groups is 1. The van der Waals surface area contributed by atoms with E-state index in [1.807, 2.05) is 24.1 Å².